The molecule has 0 spiro atoms. The molecule has 0 radical (unpaired) electrons. The molecular weight excluding hydrogens is 342 g/mol. The number of nitrogens with one attached hydrogen (secondary N) is 1. The van der Waals surface area contributed by atoms with Gasteiger partial charge in [0.05, 0.1) is 19.8 Å². The number of carbonyl (C=O) groups is 2. The van der Waals surface area contributed by atoms with E-state index in [1.165, 1.54) is 6.92 Å². The van der Waals surface area contributed by atoms with Crippen LogP contribution in [-0.2, 0) is 4.79 Å². The Bertz CT molecular complexity index is 783. The molecule has 144 valence electrons. The van der Waals surface area contributed by atoms with Crippen LogP contribution in [0.25, 0.3) is 0 Å². The highest BCUT2D eigenvalue weighted by atomic mass is 16.5. The fourth-order valence-electron chi connectivity index (χ4n) is 2.79. The first-order valence-electron chi connectivity index (χ1n) is 9.08. The Hall–Kier alpha value is -2.82. The van der Waals surface area contributed by atoms with Crippen molar-refractivity contribution in [1.29, 1.82) is 0 Å². The minimum Gasteiger partial charge on any atom is -0.496 e. The lowest BCUT2D eigenvalue weighted by Gasteiger charge is -2.18. The number of methoxy groups -OCH3 is 1. The van der Waals surface area contributed by atoms with Gasteiger partial charge in [-0.05, 0) is 57.5 Å². The summed E-state index contributed by atoms with van der Waals surface area (Å²) >= 11 is 0. The number of hydrogen-bond donors (Lipinski definition) is 1. The van der Waals surface area contributed by atoms with E-state index in [0.29, 0.717) is 30.8 Å². The quantitative estimate of drug-likeness (QED) is 0.530. The van der Waals surface area contributed by atoms with E-state index in [9.17, 15) is 9.59 Å². The van der Waals surface area contributed by atoms with Crippen molar-refractivity contribution in [2.75, 3.05) is 13.7 Å². The van der Waals surface area contributed by atoms with Gasteiger partial charge in [0.15, 0.2) is 5.78 Å². The molecule has 2 aromatic rings. The minimum absolute atomic E-state index is 0.0255. The smallest absolute Gasteiger partial charge is 0.220 e. The van der Waals surface area contributed by atoms with E-state index in [-0.39, 0.29) is 17.7 Å². The van der Waals surface area contributed by atoms with Crippen LogP contribution in [0.1, 0.15) is 54.2 Å². The fourth-order valence-corrected chi connectivity index (χ4v) is 2.79. The molecule has 0 aliphatic carbocycles. The zero-order valence-corrected chi connectivity index (χ0v) is 16.4. The minimum atomic E-state index is -0.132. The molecule has 2 aromatic carbocycles. The first kappa shape index (κ1) is 20.5. The molecular formula is C22H27NO4. The van der Waals surface area contributed by atoms with E-state index < -0.39 is 0 Å². The molecule has 2 rings (SSSR count). The van der Waals surface area contributed by atoms with Gasteiger partial charge in [-0.2, -0.15) is 0 Å². The number of rotatable bonds is 9. The van der Waals surface area contributed by atoms with Crippen LogP contribution < -0.4 is 14.8 Å². The monoisotopic (exact) mass is 369 g/mol. The maximum absolute atomic E-state index is 12.2. The van der Waals surface area contributed by atoms with Gasteiger partial charge in [-0.3, -0.25) is 9.59 Å². The van der Waals surface area contributed by atoms with Crippen molar-refractivity contribution in [2.24, 2.45) is 0 Å². The maximum Gasteiger partial charge on any atom is 0.220 e. The van der Waals surface area contributed by atoms with Crippen LogP contribution in [0.3, 0.4) is 0 Å². The van der Waals surface area contributed by atoms with Crippen molar-refractivity contribution in [3.05, 3.63) is 59.2 Å². The van der Waals surface area contributed by atoms with E-state index in [1.807, 2.05) is 32.0 Å². The summed E-state index contributed by atoms with van der Waals surface area (Å²) in [7, 11) is 1.63. The summed E-state index contributed by atoms with van der Waals surface area (Å²) in [5, 5.41) is 3.00. The molecule has 1 unspecified atom stereocenters. The van der Waals surface area contributed by atoms with E-state index in [4.69, 9.17) is 9.47 Å². The van der Waals surface area contributed by atoms with E-state index >= 15 is 0 Å². The molecule has 0 heterocycles. The number of benzene rings is 2. The summed E-state index contributed by atoms with van der Waals surface area (Å²) in [5.41, 5.74) is 2.74. The lowest BCUT2D eigenvalue weighted by molar-refractivity contribution is -0.121. The van der Waals surface area contributed by atoms with Gasteiger partial charge >= 0.3 is 0 Å². The van der Waals surface area contributed by atoms with Crippen LogP contribution in [0.4, 0.5) is 0 Å². The van der Waals surface area contributed by atoms with Gasteiger partial charge in [0.1, 0.15) is 11.5 Å². The van der Waals surface area contributed by atoms with Crippen LogP contribution in [0.5, 0.6) is 11.5 Å². The van der Waals surface area contributed by atoms with E-state index in [2.05, 4.69) is 5.32 Å². The highest BCUT2D eigenvalue weighted by Gasteiger charge is 2.14. The summed E-state index contributed by atoms with van der Waals surface area (Å²) in [6.07, 6.45) is 0.988. The number of carbonyl (C=O) groups excluding carboxylic acids is 2. The average Bonchev–Trinajstić information content (AvgIpc) is 2.65. The second-order valence-corrected chi connectivity index (χ2v) is 6.57. The first-order valence-corrected chi connectivity index (χ1v) is 9.08. The third-order valence-corrected chi connectivity index (χ3v) is 4.31. The normalized spacial score (nSPS) is 11.6. The van der Waals surface area contributed by atoms with E-state index in [1.54, 1.807) is 31.4 Å². The molecule has 5 nitrogen and oxygen atoms in total. The molecule has 0 aliphatic rings. The number of ether oxygens (including phenoxy) is 2. The maximum atomic E-state index is 12.2. The fraction of sp³-hybridized carbons (Fsp3) is 0.364. The van der Waals surface area contributed by atoms with Crippen LogP contribution in [0.15, 0.2) is 42.5 Å². The Balaban J connectivity index is 1.77. The van der Waals surface area contributed by atoms with Crippen molar-refractivity contribution in [3.63, 3.8) is 0 Å². The lowest BCUT2D eigenvalue weighted by Crippen LogP contribution is -2.27. The molecule has 1 atom stereocenters. The molecule has 27 heavy (non-hydrogen) atoms. The second kappa shape index (κ2) is 9.76. The predicted molar refractivity (Wildman–Crippen MR) is 105 cm³/mol. The predicted octanol–water partition coefficient (Wildman–Crippen LogP) is 4.24. The number of aryl methyl sites for hydroxylation is 1. The summed E-state index contributed by atoms with van der Waals surface area (Å²) in [6.45, 7) is 5.93. The van der Waals surface area contributed by atoms with Crippen LogP contribution in [0.2, 0.25) is 0 Å². The van der Waals surface area contributed by atoms with Gasteiger partial charge < -0.3 is 14.8 Å². The molecule has 1 N–H and O–H groups in total. The van der Waals surface area contributed by atoms with Crippen molar-refractivity contribution in [2.45, 2.75) is 39.7 Å². The van der Waals surface area contributed by atoms with Gasteiger partial charge in [-0.25, -0.2) is 0 Å². The third-order valence-electron chi connectivity index (χ3n) is 4.31. The molecule has 0 saturated heterocycles. The van der Waals surface area contributed by atoms with Crippen LogP contribution >= 0.6 is 0 Å². The highest BCUT2D eigenvalue weighted by Crippen LogP contribution is 2.26. The zero-order chi connectivity index (χ0) is 19.8. The Kier molecular flexibility index (Phi) is 7.41. The van der Waals surface area contributed by atoms with E-state index in [0.717, 1.165) is 16.9 Å². The first-order chi connectivity index (χ1) is 12.9. The molecule has 1 amide bonds. The molecule has 0 aliphatic heterocycles. The Labute approximate surface area is 160 Å². The van der Waals surface area contributed by atoms with Gasteiger partial charge in [0.25, 0.3) is 0 Å². The van der Waals surface area contributed by atoms with Gasteiger partial charge in [0.2, 0.25) is 5.91 Å². The number of amides is 1. The average molecular weight is 369 g/mol. The molecule has 0 bridgehead atoms. The third kappa shape index (κ3) is 6.13. The Morgan fingerprint density at radius 2 is 1.81 bits per heavy atom. The standard InChI is InChI=1S/C22H27NO4/c1-15-7-12-21(26-4)20(14-15)16(2)23-22(25)6-5-13-27-19-10-8-18(9-11-19)17(3)24/h7-12,14,16H,5-6,13H2,1-4H3,(H,23,25). The van der Waals surface area contributed by atoms with Crippen molar-refractivity contribution < 1.29 is 19.1 Å². The topological polar surface area (TPSA) is 64.6 Å². The second-order valence-electron chi connectivity index (χ2n) is 6.57. The van der Waals surface area contributed by atoms with Crippen LogP contribution in [0, 0.1) is 6.92 Å². The SMILES string of the molecule is COc1ccc(C)cc1C(C)NC(=O)CCCOc1ccc(C(C)=O)cc1. The van der Waals surface area contributed by atoms with Crippen LogP contribution in [-0.4, -0.2) is 25.4 Å². The van der Waals surface area contributed by atoms with Gasteiger partial charge in [0, 0.05) is 17.5 Å². The Morgan fingerprint density at radius 3 is 2.44 bits per heavy atom. The summed E-state index contributed by atoms with van der Waals surface area (Å²) in [4.78, 5) is 23.4. The Morgan fingerprint density at radius 1 is 1.11 bits per heavy atom. The molecule has 0 fully saturated rings. The lowest BCUT2D eigenvalue weighted by atomic mass is 10.0. The molecule has 0 saturated carbocycles. The summed E-state index contributed by atoms with van der Waals surface area (Å²) in [5.74, 6) is 1.46. The zero-order valence-electron chi connectivity index (χ0n) is 16.4. The molecule has 5 heteroatoms. The van der Waals surface area contributed by atoms with Crippen molar-refractivity contribution in [3.8, 4) is 11.5 Å². The largest absolute Gasteiger partial charge is 0.496 e. The number of hydrogen-bond acceptors (Lipinski definition) is 4. The highest BCUT2D eigenvalue weighted by molar-refractivity contribution is 5.94. The van der Waals surface area contributed by atoms with Crippen molar-refractivity contribution >= 4 is 11.7 Å². The van der Waals surface area contributed by atoms with Crippen molar-refractivity contribution in [1.82, 2.24) is 5.32 Å². The van der Waals surface area contributed by atoms with Gasteiger partial charge in [-0.1, -0.05) is 17.7 Å². The molecule has 0 aromatic heterocycles. The van der Waals surface area contributed by atoms with Gasteiger partial charge in [-0.15, -0.1) is 0 Å². The number of Topliss-reactive ketones (excluding diaryl/α,β-unsaturated/α-hetero) is 1. The number of ketones is 1. The summed E-state index contributed by atoms with van der Waals surface area (Å²) < 4.78 is 11.0. The summed E-state index contributed by atoms with van der Waals surface area (Å²) in [6, 6.07) is 12.8.